The Morgan fingerprint density at radius 1 is 1.00 bits per heavy atom. The summed E-state index contributed by atoms with van der Waals surface area (Å²) in [5.74, 6) is -0.0705. The van der Waals surface area contributed by atoms with Crippen molar-refractivity contribution in [2.45, 2.75) is 20.0 Å². The molecule has 0 aliphatic heterocycles. The highest BCUT2D eigenvalue weighted by Crippen LogP contribution is 2.40. The second kappa shape index (κ2) is 6.39. The molecule has 1 atom stereocenters. The predicted octanol–water partition coefficient (Wildman–Crippen LogP) is 3.67. The van der Waals surface area contributed by atoms with E-state index in [0.717, 1.165) is 24.4 Å². The molecule has 0 aromatic heterocycles. The van der Waals surface area contributed by atoms with Gasteiger partial charge in [0.15, 0.2) is 5.78 Å². The highest BCUT2D eigenvalue weighted by molar-refractivity contribution is 6.17. The first-order valence-corrected chi connectivity index (χ1v) is 8.05. The zero-order chi connectivity index (χ0) is 16.4. The van der Waals surface area contributed by atoms with Gasteiger partial charge >= 0.3 is 0 Å². The summed E-state index contributed by atoms with van der Waals surface area (Å²) in [6.07, 6.45) is -0.866. The number of ketones is 1. The molecule has 3 heteroatoms. The molecule has 1 aliphatic rings. The zero-order valence-electron chi connectivity index (χ0n) is 13.5. The summed E-state index contributed by atoms with van der Waals surface area (Å²) in [5, 5.41) is 10.8. The quantitative estimate of drug-likeness (QED) is 0.876. The molecule has 3 nitrogen and oxygen atoms in total. The van der Waals surface area contributed by atoms with Crippen LogP contribution in [-0.2, 0) is 0 Å². The minimum atomic E-state index is -0.866. The number of aliphatic hydroxyl groups excluding tert-OH is 1. The summed E-state index contributed by atoms with van der Waals surface area (Å²) < 4.78 is 0. The first-order valence-electron chi connectivity index (χ1n) is 8.05. The summed E-state index contributed by atoms with van der Waals surface area (Å²) in [6, 6.07) is 17.2. The number of hydrogen-bond acceptors (Lipinski definition) is 3. The summed E-state index contributed by atoms with van der Waals surface area (Å²) >= 11 is 0. The molecule has 0 saturated heterocycles. The highest BCUT2D eigenvalue weighted by atomic mass is 16.3. The lowest BCUT2D eigenvalue weighted by Crippen LogP contribution is -2.24. The predicted molar refractivity (Wildman–Crippen MR) is 92.0 cm³/mol. The van der Waals surface area contributed by atoms with Crippen LogP contribution in [0.15, 0.2) is 60.2 Å². The molecule has 0 spiro atoms. The van der Waals surface area contributed by atoms with E-state index in [9.17, 15) is 9.90 Å². The fourth-order valence-corrected chi connectivity index (χ4v) is 3.25. The van der Waals surface area contributed by atoms with Crippen LogP contribution in [0.5, 0.6) is 0 Å². The number of hydrogen-bond donors (Lipinski definition) is 1. The highest BCUT2D eigenvalue weighted by Gasteiger charge is 2.36. The second-order valence-electron chi connectivity index (χ2n) is 5.62. The molecule has 2 aromatic carbocycles. The van der Waals surface area contributed by atoms with Gasteiger partial charge in [0.2, 0.25) is 0 Å². The lowest BCUT2D eigenvalue weighted by atomic mass is 10.00. The molecule has 1 unspecified atom stereocenters. The van der Waals surface area contributed by atoms with Gasteiger partial charge in [-0.2, -0.15) is 0 Å². The first kappa shape index (κ1) is 15.5. The number of aliphatic hydroxyl groups is 1. The van der Waals surface area contributed by atoms with Crippen LogP contribution in [0.4, 0.5) is 0 Å². The van der Waals surface area contributed by atoms with Gasteiger partial charge in [0, 0.05) is 18.7 Å². The maximum Gasteiger partial charge on any atom is 0.194 e. The van der Waals surface area contributed by atoms with Crippen LogP contribution in [-0.4, -0.2) is 28.9 Å². The van der Waals surface area contributed by atoms with E-state index in [4.69, 9.17) is 0 Å². The van der Waals surface area contributed by atoms with Gasteiger partial charge in [-0.25, -0.2) is 0 Å². The first-order chi connectivity index (χ1) is 11.2. The molecule has 0 radical (unpaired) electrons. The van der Waals surface area contributed by atoms with Crippen LogP contribution in [0.3, 0.4) is 0 Å². The van der Waals surface area contributed by atoms with Crippen LogP contribution in [0.25, 0.3) is 5.70 Å². The molecule has 0 amide bonds. The van der Waals surface area contributed by atoms with Crippen molar-refractivity contribution >= 4 is 11.5 Å². The zero-order valence-corrected chi connectivity index (χ0v) is 13.5. The third-order valence-corrected chi connectivity index (χ3v) is 4.40. The molecule has 1 N–H and O–H groups in total. The van der Waals surface area contributed by atoms with Crippen LogP contribution < -0.4 is 0 Å². The minimum absolute atomic E-state index is 0.0705. The van der Waals surface area contributed by atoms with Gasteiger partial charge in [0.1, 0.15) is 6.10 Å². The van der Waals surface area contributed by atoms with Gasteiger partial charge in [-0.15, -0.1) is 0 Å². The Morgan fingerprint density at radius 2 is 1.61 bits per heavy atom. The average molecular weight is 307 g/mol. The number of Topliss-reactive ketones (excluding diaryl/α,β-unsaturated/α-hetero) is 1. The topological polar surface area (TPSA) is 40.5 Å². The Labute approximate surface area is 136 Å². The van der Waals surface area contributed by atoms with Crippen molar-refractivity contribution in [3.63, 3.8) is 0 Å². The Balaban J connectivity index is 2.24. The van der Waals surface area contributed by atoms with Crippen LogP contribution in [0, 0.1) is 0 Å². The monoisotopic (exact) mass is 307 g/mol. The van der Waals surface area contributed by atoms with E-state index < -0.39 is 6.10 Å². The average Bonchev–Trinajstić information content (AvgIpc) is 2.85. The van der Waals surface area contributed by atoms with Crippen molar-refractivity contribution in [3.05, 3.63) is 76.9 Å². The normalized spacial score (nSPS) is 18.7. The van der Waals surface area contributed by atoms with Gasteiger partial charge in [-0.3, -0.25) is 4.79 Å². The molecule has 0 saturated carbocycles. The van der Waals surface area contributed by atoms with Crippen molar-refractivity contribution in [3.8, 4) is 0 Å². The molecular formula is C20H21NO2. The largest absolute Gasteiger partial charge is 0.383 e. The van der Waals surface area contributed by atoms with Crippen LogP contribution >= 0.6 is 0 Å². The third-order valence-electron chi connectivity index (χ3n) is 4.40. The molecule has 0 heterocycles. The fraction of sp³-hybridized carbons (Fsp3) is 0.250. The Bertz CT molecular complexity index is 745. The fourth-order valence-electron chi connectivity index (χ4n) is 3.25. The smallest absolute Gasteiger partial charge is 0.194 e. The standard InChI is InChI=1S/C20H21NO2/c1-3-21(4-2)18(14-10-6-5-7-11-14)17-19(22)15-12-8-9-13-16(15)20(17)23/h5-13,19,22H,3-4H2,1-2H3. The molecule has 3 rings (SSSR count). The lowest BCUT2D eigenvalue weighted by molar-refractivity contribution is 0.101. The van der Waals surface area contributed by atoms with E-state index in [1.807, 2.05) is 48.5 Å². The minimum Gasteiger partial charge on any atom is -0.383 e. The summed E-state index contributed by atoms with van der Waals surface area (Å²) in [6.45, 7) is 5.68. The van der Waals surface area contributed by atoms with Gasteiger partial charge in [0.25, 0.3) is 0 Å². The molecule has 0 bridgehead atoms. The van der Waals surface area contributed by atoms with Crippen molar-refractivity contribution in [1.29, 1.82) is 0 Å². The van der Waals surface area contributed by atoms with Gasteiger partial charge in [-0.05, 0) is 25.0 Å². The molecule has 2 aromatic rings. The summed E-state index contributed by atoms with van der Waals surface area (Å²) in [7, 11) is 0. The van der Waals surface area contributed by atoms with Crippen molar-refractivity contribution in [2.24, 2.45) is 0 Å². The summed E-state index contributed by atoms with van der Waals surface area (Å²) in [4.78, 5) is 15.1. The van der Waals surface area contributed by atoms with Crippen molar-refractivity contribution in [1.82, 2.24) is 4.90 Å². The SMILES string of the molecule is CCN(CC)C(=C1C(=O)c2ccccc2C1O)c1ccccc1. The molecule has 118 valence electrons. The Kier molecular flexibility index (Phi) is 4.30. The Morgan fingerprint density at radius 3 is 2.22 bits per heavy atom. The van der Waals surface area contributed by atoms with Crippen LogP contribution in [0.2, 0.25) is 0 Å². The summed E-state index contributed by atoms with van der Waals surface area (Å²) in [5.41, 5.74) is 3.60. The molecular weight excluding hydrogens is 286 g/mol. The number of rotatable bonds is 4. The number of nitrogens with zero attached hydrogens (tertiary/aromatic N) is 1. The number of fused-ring (bicyclic) bond motifs is 1. The van der Waals surface area contributed by atoms with Crippen molar-refractivity contribution in [2.75, 3.05) is 13.1 Å². The van der Waals surface area contributed by atoms with E-state index in [1.54, 1.807) is 6.07 Å². The molecule has 0 fully saturated rings. The number of carbonyl (C=O) groups excluding carboxylic acids is 1. The number of benzene rings is 2. The van der Waals surface area contributed by atoms with Gasteiger partial charge < -0.3 is 10.0 Å². The van der Waals surface area contributed by atoms with E-state index in [2.05, 4.69) is 18.7 Å². The number of carbonyl (C=O) groups is 1. The molecule has 23 heavy (non-hydrogen) atoms. The maximum atomic E-state index is 12.9. The van der Waals surface area contributed by atoms with E-state index in [-0.39, 0.29) is 5.78 Å². The Hall–Kier alpha value is -2.39. The van der Waals surface area contributed by atoms with Gasteiger partial charge in [-0.1, -0.05) is 54.6 Å². The van der Waals surface area contributed by atoms with E-state index >= 15 is 0 Å². The van der Waals surface area contributed by atoms with Crippen LogP contribution in [0.1, 0.15) is 41.4 Å². The third kappa shape index (κ3) is 2.57. The van der Waals surface area contributed by atoms with E-state index in [1.165, 1.54) is 0 Å². The van der Waals surface area contributed by atoms with E-state index in [0.29, 0.717) is 16.7 Å². The molecule has 1 aliphatic carbocycles. The lowest BCUT2D eigenvalue weighted by Gasteiger charge is -2.27. The van der Waals surface area contributed by atoms with Crippen molar-refractivity contribution < 1.29 is 9.90 Å². The van der Waals surface area contributed by atoms with Gasteiger partial charge in [0.05, 0.1) is 11.3 Å². The second-order valence-corrected chi connectivity index (χ2v) is 5.62. The maximum absolute atomic E-state index is 12.9.